The summed E-state index contributed by atoms with van der Waals surface area (Å²) in [5.74, 6) is -2.86. The summed E-state index contributed by atoms with van der Waals surface area (Å²) in [5, 5.41) is 10.8. The Morgan fingerprint density at radius 3 is 2.24 bits per heavy atom. The molecule has 0 saturated heterocycles. The smallest absolute Gasteiger partial charge is 0.375 e. The maximum atomic E-state index is 13.9. The van der Waals surface area contributed by atoms with Crippen LogP contribution in [0, 0.1) is 11.7 Å². The van der Waals surface area contributed by atoms with Crippen molar-refractivity contribution in [2.45, 2.75) is 25.1 Å². The molecule has 25 heavy (non-hydrogen) atoms. The van der Waals surface area contributed by atoms with E-state index in [2.05, 4.69) is 0 Å². The zero-order valence-corrected chi connectivity index (χ0v) is 13.3. The van der Waals surface area contributed by atoms with Crippen molar-refractivity contribution in [1.82, 2.24) is 0 Å². The van der Waals surface area contributed by atoms with Crippen LogP contribution in [0.4, 0.5) is 17.6 Å². The molecule has 0 aromatic heterocycles. The molecule has 1 amide bonds. The Morgan fingerprint density at radius 2 is 1.72 bits per heavy atom. The molecule has 2 unspecified atom stereocenters. The van der Waals surface area contributed by atoms with Crippen LogP contribution in [0.5, 0.6) is 0 Å². The van der Waals surface area contributed by atoms with Crippen LogP contribution in [0.25, 0.3) is 0 Å². The topological polar surface area (TPSA) is 63.3 Å². The molecule has 0 heterocycles. The zero-order chi connectivity index (χ0) is 18.8. The first-order valence-electron chi connectivity index (χ1n) is 7.50. The van der Waals surface area contributed by atoms with E-state index in [4.69, 9.17) is 5.73 Å². The van der Waals surface area contributed by atoms with Gasteiger partial charge in [-0.3, -0.25) is 4.79 Å². The molecule has 134 valence electrons. The van der Waals surface area contributed by atoms with Crippen LogP contribution in [0.1, 0.15) is 23.6 Å². The first kappa shape index (κ1) is 18.9. The molecule has 7 heteroatoms. The third-order valence-electron chi connectivity index (χ3n) is 4.20. The number of carbonyl (C=O) groups is 1. The van der Waals surface area contributed by atoms with Crippen LogP contribution in [-0.2, 0) is 23.0 Å². The summed E-state index contributed by atoms with van der Waals surface area (Å²) in [6, 6.07) is 9.83. The second-order valence-corrected chi connectivity index (χ2v) is 5.91. The van der Waals surface area contributed by atoms with Crippen LogP contribution in [0.3, 0.4) is 0 Å². The lowest BCUT2D eigenvalue weighted by Crippen LogP contribution is -2.47. The Labute approximate surface area is 142 Å². The first-order valence-corrected chi connectivity index (χ1v) is 7.50. The number of halogens is 4. The number of carbonyl (C=O) groups excluding carboxylic acids is 1. The van der Waals surface area contributed by atoms with E-state index in [1.54, 1.807) is 18.2 Å². The molecule has 0 radical (unpaired) electrons. The molecule has 2 aromatic rings. The summed E-state index contributed by atoms with van der Waals surface area (Å²) < 4.78 is 52.4. The average molecular weight is 355 g/mol. The maximum absolute atomic E-state index is 13.9. The predicted molar refractivity (Wildman–Crippen MR) is 83.8 cm³/mol. The number of amides is 1. The average Bonchev–Trinajstić information content (AvgIpc) is 2.55. The molecule has 0 aliphatic carbocycles. The lowest BCUT2D eigenvalue weighted by molar-refractivity contribution is -0.143. The molecule has 2 rings (SSSR count). The van der Waals surface area contributed by atoms with Crippen molar-refractivity contribution in [1.29, 1.82) is 0 Å². The number of primary amides is 1. The summed E-state index contributed by atoms with van der Waals surface area (Å²) in [4.78, 5) is 11.9. The fourth-order valence-electron chi connectivity index (χ4n) is 2.75. The Hall–Kier alpha value is -2.41. The number of rotatable bonds is 5. The van der Waals surface area contributed by atoms with Gasteiger partial charge in [-0.1, -0.05) is 37.3 Å². The molecule has 2 atom stereocenters. The number of aliphatic hydroxyl groups is 1. The predicted octanol–water partition coefficient (Wildman–Crippen LogP) is 3.40. The van der Waals surface area contributed by atoms with E-state index in [0.29, 0.717) is 12.1 Å². The molecule has 3 N–H and O–H groups in total. The monoisotopic (exact) mass is 355 g/mol. The number of alkyl halides is 3. The van der Waals surface area contributed by atoms with Crippen molar-refractivity contribution in [2.24, 2.45) is 11.7 Å². The Bertz CT molecular complexity index is 761. The van der Waals surface area contributed by atoms with Gasteiger partial charge in [-0.15, -0.1) is 0 Å². The molecular weight excluding hydrogens is 338 g/mol. The zero-order valence-electron chi connectivity index (χ0n) is 13.3. The normalized spacial score (nSPS) is 15.4. The van der Waals surface area contributed by atoms with Gasteiger partial charge in [0.2, 0.25) is 0 Å². The van der Waals surface area contributed by atoms with Crippen LogP contribution < -0.4 is 5.73 Å². The quantitative estimate of drug-likeness (QED) is 0.808. The van der Waals surface area contributed by atoms with Gasteiger partial charge in [0.05, 0.1) is 5.56 Å². The van der Waals surface area contributed by atoms with Crippen molar-refractivity contribution in [3.8, 4) is 0 Å². The summed E-state index contributed by atoms with van der Waals surface area (Å²) in [6.45, 7) is 1.43. The van der Waals surface area contributed by atoms with Crippen LogP contribution in [0.15, 0.2) is 48.5 Å². The van der Waals surface area contributed by atoms with Gasteiger partial charge in [0, 0.05) is 5.92 Å². The van der Waals surface area contributed by atoms with Crippen LogP contribution in [-0.4, -0.2) is 11.0 Å². The number of nitrogens with two attached hydrogens (primary N) is 1. The Morgan fingerprint density at radius 1 is 1.12 bits per heavy atom. The highest BCUT2D eigenvalue weighted by molar-refractivity contribution is 5.85. The fourth-order valence-corrected chi connectivity index (χ4v) is 2.75. The number of hydrogen-bond donors (Lipinski definition) is 2. The van der Waals surface area contributed by atoms with Gasteiger partial charge in [0.25, 0.3) is 5.91 Å². The van der Waals surface area contributed by atoms with E-state index in [9.17, 15) is 27.5 Å². The van der Waals surface area contributed by atoms with Gasteiger partial charge in [0.1, 0.15) is 5.82 Å². The molecule has 2 aromatic carbocycles. The standard InChI is InChI=1S/C18H17F4NO2/c1-11(17(25,16(23)24)13-5-3-2-4-6-13)9-12-10-14(18(20,21)22)7-8-15(12)19/h2-8,10-11,25H,9H2,1H3,(H2,23,24). The third-order valence-corrected chi connectivity index (χ3v) is 4.20. The largest absolute Gasteiger partial charge is 0.416 e. The summed E-state index contributed by atoms with van der Waals surface area (Å²) in [7, 11) is 0. The van der Waals surface area contributed by atoms with Crippen LogP contribution in [0.2, 0.25) is 0 Å². The molecule has 0 fully saturated rings. The van der Waals surface area contributed by atoms with E-state index >= 15 is 0 Å². The van der Waals surface area contributed by atoms with E-state index in [1.807, 2.05) is 0 Å². The minimum Gasteiger partial charge on any atom is -0.375 e. The van der Waals surface area contributed by atoms with Crippen molar-refractivity contribution >= 4 is 5.91 Å². The Kier molecular flexibility index (Phi) is 5.17. The Balaban J connectivity index is 2.40. The molecule has 0 bridgehead atoms. The van der Waals surface area contributed by atoms with E-state index in [0.717, 1.165) is 6.07 Å². The van der Waals surface area contributed by atoms with E-state index in [-0.39, 0.29) is 17.5 Å². The van der Waals surface area contributed by atoms with Gasteiger partial charge < -0.3 is 10.8 Å². The van der Waals surface area contributed by atoms with Crippen molar-refractivity contribution in [3.63, 3.8) is 0 Å². The van der Waals surface area contributed by atoms with Crippen molar-refractivity contribution in [3.05, 3.63) is 71.0 Å². The SMILES string of the molecule is CC(Cc1cc(C(F)(F)F)ccc1F)C(O)(C(N)=O)c1ccccc1. The molecule has 0 saturated carbocycles. The lowest BCUT2D eigenvalue weighted by Gasteiger charge is -2.32. The summed E-state index contributed by atoms with van der Waals surface area (Å²) >= 11 is 0. The maximum Gasteiger partial charge on any atom is 0.416 e. The van der Waals surface area contributed by atoms with E-state index < -0.39 is 35.0 Å². The van der Waals surface area contributed by atoms with Crippen molar-refractivity contribution in [2.75, 3.05) is 0 Å². The first-order chi connectivity index (χ1) is 11.6. The van der Waals surface area contributed by atoms with Gasteiger partial charge in [-0.05, 0) is 35.7 Å². The second-order valence-electron chi connectivity index (χ2n) is 5.91. The summed E-state index contributed by atoms with van der Waals surface area (Å²) in [6.07, 6.45) is -4.92. The van der Waals surface area contributed by atoms with Gasteiger partial charge in [0.15, 0.2) is 5.60 Å². The minimum atomic E-state index is -4.62. The van der Waals surface area contributed by atoms with Crippen molar-refractivity contribution < 1.29 is 27.5 Å². The van der Waals surface area contributed by atoms with Gasteiger partial charge in [-0.2, -0.15) is 13.2 Å². The van der Waals surface area contributed by atoms with E-state index in [1.165, 1.54) is 19.1 Å². The molecule has 0 aliphatic rings. The number of hydrogen-bond acceptors (Lipinski definition) is 2. The third kappa shape index (κ3) is 3.82. The highest BCUT2D eigenvalue weighted by atomic mass is 19.4. The highest BCUT2D eigenvalue weighted by Gasteiger charge is 2.42. The second kappa shape index (κ2) is 6.84. The summed E-state index contributed by atoms with van der Waals surface area (Å²) in [5.41, 5.74) is 2.14. The molecule has 0 aliphatic heterocycles. The van der Waals surface area contributed by atoms with Gasteiger partial charge in [-0.25, -0.2) is 4.39 Å². The lowest BCUT2D eigenvalue weighted by atomic mass is 9.78. The molecule has 0 spiro atoms. The highest BCUT2D eigenvalue weighted by Crippen LogP contribution is 2.35. The minimum absolute atomic E-state index is 0.197. The fraction of sp³-hybridized carbons (Fsp3) is 0.278. The molecular formula is C18H17F4NO2. The molecule has 3 nitrogen and oxygen atoms in total. The number of benzene rings is 2. The van der Waals surface area contributed by atoms with Gasteiger partial charge >= 0.3 is 6.18 Å². The van der Waals surface area contributed by atoms with Crippen LogP contribution >= 0.6 is 0 Å².